The summed E-state index contributed by atoms with van der Waals surface area (Å²) in [6, 6.07) is 10.4. The van der Waals surface area contributed by atoms with Gasteiger partial charge in [-0.2, -0.15) is 13.2 Å². The number of benzene rings is 1. The first-order valence-corrected chi connectivity index (χ1v) is 7.89. The molecule has 0 spiro atoms. The van der Waals surface area contributed by atoms with Gasteiger partial charge in [0.15, 0.2) is 0 Å². The molecular weight excluding hydrogens is 349 g/mol. The van der Waals surface area contributed by atoms with Gasteiger partial charge in [-0.15, -0.1) is 0 Å². The highest BCUT2D eigenvalue weighted by Crippen LogP contribution is 2.19. The zero-order valence-corrected chi connectivity index (χ0v) is 14.1. The van der Waals surface area contributed by atoms with Crippen molar-refractivity contribution in [2.24, 2.45) is 0 Å². The molecule has 8 heteroatoms. The second-order valence-electron chi connectivity index (χ2n) is 5.62. The van der Waals surface area contributed by atoms with Crippen LogP contribution in [0.1, 0.15) is 24.1 Å². The third-order valence-electron chi connectivity index (χ3n) is 3.38. The molecule has 5 nitrogen and oxygen atoms in total. The fraction of sp³-hybridized carbons (Fsp3) is 0.333. The number of aromatic nitrogens is 1. The van der Waals surface area contributed by atoms with Crippen molar-refractivity contribution < 1.29 is 27.4 Å². The fourth-order valence-corrected chi connectivity index (χ4v) is 2.13. The van der Waals surface area contributed by atoms with Crippen LogP contribution in [0.2, 0.25) is 0 Å². The number of hydrogen-bond donors (Lipinski definition) is 1. The van der Waals surface area contributed by atoms with E-state index in [1.54, 1.807) is 43.6 Å². The van der Waals surface area contributed by atoms with Crippen molar-refractivity contribution in [1.82, 2.24) is 10.3 Å². The zero-order chi connectivity index (χ0) is 19.0. The van der Waals surface area contributed by atoms with Crippen LogP contribution < -0.4 is 10.1 Å². The summed E-state index contributed by atoms with van der Waals surface area (Å²) in [6.07, 6.45) is -1.05. The summed E-state index contributed by atoms with van der Waals surface area (Å²) in [7, 11) is 0. The van der Waals surface area contributed by atoms with E-state index in [4.69, 9.17) is 4.74 Å². The number of hydrogen-bond acceptors (Lipinski definition) is 4. The minimum atomic E-state index is -4.45. The monoisotopic (exact) mass is 368 g/mol. The lowest BCUT2D eigenvalue weighted by Gasteiger charge is -2.15. The highest BCUT2D eigenvalue weighted by molar-refractivity contribution is 5.77. The van der Waals surface area contributed by atoms with E-state index in [9.17, 15) is 18.0 Å². The van der Waals surface area contributed by atoms with Gasteiger partial charge in [0.25, 0.3) is 0 Å². The van der Waals surface area contributed by atoms with Gasteiger partial charge in [-0.1, -0.05) is 18.2 Å². The van der Waals surface area contributed by atoms with Crippen molar-refractivity contribution in [3.05, 3.63) is 59.9 Å². The Morgan fingerprint density at radius 2 is 1.96 bits per heavy atom. The number of pyridine rings is 1. The van der Waals surface area contributed by atoms with Gasteiger partial charge in [-0.3, -0.25) is 9.78 Å². The number of carbonyl (C=O) groups is 1. The predicted molar refractivity (Wildman–Crippen MR) is 88.4 cm³/mol. The molecule has 1 heterocycles. The van der Waals surface area contributed by atoms with Crippen LogP contribution in [0.4, 0.5) is 13.2 Å². The normalized spacial score (nSPS) is 12.5. The van der Waals surface area contributed by atoms with Gasteiger partial charge in [0, 0.05) is 18.0 Å². The number of amides is 1. The van der Waals surface area contributed by atoms with Crippen LogP contribution in [0.15, 0.2) is 48.8 Å². The molecule has 0 saturated carbocycles. The Kier molecular flexibility index (Phi) is 6.97. The first-order chi connectivity index (χ1) is 12.3. The highest BCUT2D eigenvalue weighted by Gasteiger charge is 2.27. The third kappa shape index (κ3) is 7.10. The smallest absolute Gasteiger partial charge is 0.411 e. The van der Waals surface area contributed by atoms with Crippen LogP contribution in [0.25, 0.3) is 0 Å². The average molecular weight is 368 g/mol. The Hall–Kier alpha value is -2.61. The molecule has 0 aliphatic carbocycles. The standard InChI is InChI=1S/C18H19F3N2O3/c1-13(23-17(24)11-25-12-18(19,20)21)15-4-6-16(7-5-15)26-10-14-3-2-8-22-9-14/h2-9,13H,10-12H2,1H3,(H,23,24). The maximum absolute atomic E-state index is 12.0. The van der Waals surface area contributed by atoms with Crippen molar-refractivity contribution in [3.8, 4) is 5.75 Å². The minimum absolute atomic E-state index is 0.371. The van der Waals surface area contributed by atoms with E-state index >= 15 is 0 Å². The molecule has 1 unspecified atom stereocenters. The predicted octanol–water partition coefficient (Wildman–Crippen LogP) is 3.42. The number of alkyl halides is 3. The van der Waals surface area contributed by atoms with E-state index in [0.717, 1.165) is 11.1 Å². The maximum Gasteiger partial charge on any atom is 0.411 e. The molecule has 1 aromatic carbocycles. The fourth-order valence-electron chi connectivity index (χ4n) is 2.13. The first-order valence-electron chi connectivity index (χ1n) is 7.89. The van der Waals surface area contributed by atoms with Gasteiger partial charge in [0.2, 0.25) is 5.91 Å². The molecule has 1 amide bonds. The quantitative estimate of drug-likeness (QED) is 0.776. The lowest BCUT2D eigenvalue weighted by Crippen LogP contribution is -2.31. The van der Waals surface area contributed by atoms with Gasteiger partial charge in [0.05, 0.1) is 6.04 Å². The van der Waals surface area contributed by atoms with E-state index in [1.165, 1.54) is 0 Å². The van der Waals surface area contributed by atoms with Crippen LogP contribution >= 0.6 is 0 Å². The Balaban J connectivity index is 1.78. The van der Waals surface area contributed by atoms with E-state index in [-0.39, 0.29) is 6.04 Å². The van der Waals surface area contributed by atoms with Gasteiger partial charge in [-0.05, 0) is 30.7 Å². The van der Waals surface area contributed by atoms with Crippen molar-refractivity contribution in [3.63, 3.8) is 0 Å². The van der Waals surface area contributed by atoms with E-state index < -0.39 is 25.3 Å². The molecule has 2 rings (SSSR count). The SMILES string of the molecule is CC(NC(=O)COCC(F)(F)F)c1ccc(OCc2cccnc2)cc1. The second kappa shape index (κ2) is 9.19. The Labute approximate surface area is 149 Å². The number of halogens is 3. The largest absolute Gasteiger partial charge is 0.489 e. The topological polar surface area (TPSA) is 60.5 Å². The maximum atomic E-state index is 12.0. The number of carbonyl (C=O) groups excluding carboxylic acids is 1. The van der Waals surface area contributed by atoms with Gasteiger partial charge in [-0.25, -0.2) is 0 Å². The summed E-state index contributed by atoms with van der Waals surface area (Å²) in [5.41, 5.74) is 1.74. The van der Waals surface area contributed by atoms with Crippen LogP contribution in [0.5, 0.6) is 5.75 Å². The summed E-state index contributed by atoms with van der Waals surface area (Å²) < 4.78 is 45.9. The van der Waals surface area contributed by atoms with Crippen LogP contribution in [-0.2, 0) is 16.1 Å². The molecule has 0 aliphatic heterocycles. The van der Waals surface area contributed by atoms with Crippen molar-refractivity contribution in [2.45, 2.75) is 25.7 Å². The number of nitrogens with zero attached hydrogens (tertiary/aromatic N) is 1. The third-order valence-corrected chi connectivity index (χ3v) is 3.38. The van der Waals surface area contributed by atoms with Crippen LogP contribution in [0.3, 0.4) is 0 Å². The molecule has 1 N–H and O–H groups in total. The molecule has 1 aromatic heterocycles. The lowest BCUT2D eigenvalue weighted by molar-refractivity contribution is -0.175. The van der Waals surface area contributed by atoms with Gasteiger partial charge in [0.1, 0.15) is 25.6 Å². The number of rotatable bonds is 8. The first kappa shape index (κ1) is 19.7. The van der Waals surface area contributed by atoms with E-state index in [0.29, 0.717) is 12.4 Å². The molecule has 0 bridgehead atoms. The average Bonchev–Trinajstić information content (AvgIpc) is 2.60. The zero-order valence-electron chi connectivity index (χ0n) is 14.1. The molecule has 1 atom stereocenters. The van der Waals surface area contributed by atoms with Crippen LogP contribution in [-0.4, -0.2) is 30.3 Å². The van der Waals surface area contributed by atoms with Crippen LogP contribution in [0, 0.1) is 0 Å². The summed E-state index contributed by atoms with van der Waals surface area (Å²) in [5.74, 6) is 0.0447. The van der Waals surface area contributed by atoms with Gasteiger partial charge < -0.3 is 14.8 Å². The molecule has 26 heavy (non-hydrogen) atoms. The summed E-state index contributed by atoms with van der Waals surface area (Å²) in [5, 5.41) is 2.58. The molecule has 0 saturated heterocycles. The van der Waals surface area contributed by atoms with Crippen molar-refractivity contribution in [2.75, 3.05) is 13.2 Å². The summed E-state index contributed by atoms with van der Waals surface area (Å²) in [4.78, 5) is 15.6. The summed E-state index contributed by atoms with van der Waals surface area (Å²) in [6.45, 7) is 0.0249. The van der Waals surface area contributed by atoms with E-state index in [2.05, 4.69) is 15.0 Å². The highest BCUT2D eigenvalue weighted by atomic mass is 19.4. The molecule has 140 valence electrons. The molecule has 2 aromatic rings. The molecule has 0 aliphatic rings. The molecule has 0 radical (unpaired) electrons. The Morgan fingerprint density at radius 3 is 2.58 bits per heavy atom. The van der Waals surface area contributed by atoms with E-state index in [1.807, 2.05) is 12.1 Å². The molecular formula is C18H19F3N2O3. The summed E-state index contributed by atoms with van der Waals surface area (Å²) >= 11 is 0. The van der Waals surface area contributed by atoms with Crippen molar-refractivity contribution in [1.29, 1.82) is 0 Å². The minimum Gasteiger partial charge on any atom is -0.489 e. The Bertz CT molecular complexity index is 691. The van der Waals surface area contributed by atoms with Gasteiger partial charge >= 0.3 is 6.18 Å². The number of ether oxygens (including phenoxy) is 2. The second-order valence-corrected chi connectivity index (χ2v) is 5.62. The number of nitrogens with one attached hydrogen (secondary N) is 1. The lowest BCUT2D eigenvalue weighted by atomic mass is 10.1. The van der Waals surface area contributed by atoms with Crippen molar-refractivity contribution >= 4 is 5.91 Å². The Morgan fingerprint density at radius 1 is 1.23 bits per heavy atom. The molecule has 0 fully saturated rings.